The molecule has 1 N–H and O–H groups in total. The number of piperidine rings is 1. The average molecular weight is 233 g/mol. The van der Waals surface area contributed by atoms with Crippen LogP contribution >= 0.6 is 0 Å². The Bertz CT molecular complexity index is 364. The van der Waals surface area contributed by atoms with E-state index in [-0.39, 0.29) is 11.9 Å². The first-order valence-corrected chi connectivity index (χ1v) is 6.19. The highest BCUT2D eigenvalue weighted by Crippen LogP contribution is 2.18. The molecule has 0 amide bonds. The second kappa shape index (κ2) is 5.82. The Balaban J connectivity index is 1.81. The first kappa shape index (κ1) is 12.1. The van der Waals surface area contributed by atoms with Gasteiger partial charge in [-0.2, -0.15) is 0 Å². The van der Waals surface area contributed by atoms with Crippen LogP contribution in [0.25, 0.3) is 0 Å². The predicted octanol–water partition coefficient (Wildman–Crippen LogP) is 2.12. The van der Waals surface area contributed by atoms with Gasteiger partial charge in [0, 0.05) is 6.04 Å². The molecule has 1 aromatic rings. The summed E-state index contributed by atoms with van der Waals surface area (Å²) in [4.78, 5) is 11.9. The zero-order valence-electron chi connectivity index (χ0n) is 10.2. The Morgan fingerprint density at radius 2 is 2.18 bits per heavy atom. The second-order valence-electron chi connectivity index (χ2n) is 4.67. The molecule has 0 radical (unpaired) electrons. The van der Waals surface area contributed by atoms with E-state index in [4.69, 9.17) is 4.74 Å². The molecule has 0 bridgehead atoms. The lowest BCUT2D eigenvalue weighted by Crippen LogP contribution is -2.39. The molecule has 1 aliphatic heterocycles. The summed E-state index contributed by atoms with van der Waals surface area (Å²) in [7, 11) is 0. The van der Waals surface area contributed by atoms with Gasteiger partial charge in [-0.05, 0) is 31.9 Å². The van der Waals surface area contributed by atoms with Crippen molar-refractivity contribution in [3.8, 4) is 0 Å². The van der Waals surface area contributed by atoms with Crippen molar-refractivity contribution in [1.29, 1.82) is 0 Å². The lowest BCUT2D eigenvalue weighted by atomic mass is 9.93. The van der Waals surface area contributed by atoms with Crippen molar-refractivity contribution in [1.82, 2.24) is 5.32 Å². The lowest BCUT2D eigenvalue weighted by molar-refractivity contribution is -0.151. The normalized spacial score (nSPS) is 24.3. The maximum Gasteiger partial charge on any atom is 0.309 e. The van der Waals surface area contributed by atoms with E-state index in [0.29, 0.717) is 12.6 Å². The third-order valence-electron chi connectivity index (χ3n) is 3.18. The third-order valence-corrected chi connectivity index (χ3v) is 3.18. The van der Waals surface area contributed by atoms with Gasteiger partial charge in [-0.15, -0.1) is 0 Å². The molecule has 3 heteroatoms. The minimum absolute atomic E-state index is 0.0535. The molecule has 0 spiro atoms. The standard InChI is InChI=1S/C14H19NO2/c1-11-9-13(7-8-15-11)14(16)17-10-12-5-3-2-4-6-12/h2-6,11,13,15H,7-10H2,1H3. The van der Waals surface area contributed by atoms with Crippen LogP contribution < -0.4 is 5.32 Å². The molecule has 3 nitrogen and oxygen atoms in total. The van der Waals surface area contributed by atoms with E-state index in [1.807, 2.05) is 30.3 Å². The van der Waals surface area contributed by atoms with E-state index in [1.165, 1.54) is 0 Å². The molecule has 2 atom stereocenters. The van der Waals surface area contributed by atoms with Crippen LogP contribution in [0.1, 0.15) is 25.3 Å². The highest BCUT2D eigenvalue weighted by molar-refractivity contribution is 5.72. The maximum absolute atomic E-state index is 11.9. The number of carbonyl (C=O) groups excluding carboxylic acids is 1. The van der Waals surface area contributed by atoms with Crippen molar-refractivity contribution in [3.63, 3.8) is 0 Å². The summed E-state index contributed by atoms with van der Waals surface area (Å²) < 4.78 is 5.35. The van der Waals surface area contributed by atoms with Gasteiger partial charge in [0.1, 0.15) is 6.61 Å². The SMILES string of the molecule is CC1CC(C(=O)OCc2ccccc2)CCN1. The number of ether oxygens (including phenoxy) is 1. The smallest absolute Gasteiger partial charge is 0.309 e. The van der Waals surface area contributed by atoms with Crippen molar-refractivity contribution in [2.24, 2.45) is 5.92 Å². The maximum atomic E-state index is 11.9. The Morgan fingerprint density at radius 1 is 1.41 bits per heavy atom. The quantitative estimate of drug-likeness (QED) is 0.813. The summed E-state index contributed by atoms with van der Waals surface area (Å²) in [5.74, 6) is 0.0113. The molecule has 17 heavy (non-hydrogen) atoms. The first-order valence-electron chi connectivity index (χ1n) is 6.19. The summed E-state index contributed by atoms with van der Waals surface area (Å²) in [5, 5.41) is 3.33. The van der Waals surface area contributed by atoms with Gasteiger partial charge in [-0.25, -0.2) is 0 Å². The van der Waals surface area contributed by atoms with E-state index in [2.05, 4.69) is 12.2 Å². The summed E-state index contributed by atoms with van der Waals surface area (Å²) in [6.45, 7) is 3.40. The van der Waals surface area contributed by atoms with Crippen LogP contribution in [0.3, 0.4) is 0 Å². The molecule has 1 aliphatic rings. The molecule has 1 aromatic carbocycles. The number of nitrogens with one attached hydrogen (secondary N) is 1. The Labute approximate surface area is 102 Å². The van der Waals surface area contributed by atoms with E-state index in [0.717, 1.165) is 24.9 Å². The van der Waals surface area contributed by atoms with Crippen molar-refractivity contribution in [3.05, 3.63) is 35.9 Å². The van der Waals surface area contributed by atoms with E-state index in [1.54, 1.807) is 0 Å². The highest BCUT2D eigenvalue weighted by Gasteiger charge is 2.25. The fraction of sp³-hybridized carbons (Fsp3) is 0.500. The molecule has 1 saturated heterocycles. The van der Waals surface area contributed by atoms with Gasteiger partial charge < -0.3 is 10.1 Å². The predicted molar refractivity (Wildman–Crippen MR) is 66.4 cm³/mol. The Hall–Kier alpha value is -1.35. The van der Waals surface area contributed by atoms with E-state index < -0.39 is 0 Å². The Morgan fingerprint density at radius 3 is 2.88 bits per heavy atom. The minimum atomic E-state index is -0.0535. The molecule has 1 heterocycles. The molecule has 0 aromatic heterocycles. The summed E-state index contributed by atoms with van der Waals surface area (Å²) >= 11 is 0. The molecule has 0 saturated carbocycles. The summed E-state index contributed by atoms with van der Waals surface area (Å²) in [5.41, 5.74) is 1.04. The zero-order chi connectivity index (χ0) is 12.1. The van der Waals surface area contributed by atoms with Crippen LogP contribution in [0.2, 0.25) is 0 Å². The van der Waals surface area contributed by atoms with Gasteiger partial charge in [-0.3, -0.25) is 4.79 Å². The zero-order valence-corrected chi connectivity index (χ0v) is 10.2. The monoisotopic (exact) mass is 233 g/mol. The molecule has 2 unspecified atom stereocenters. The van der Waals surface area contributed by atoms with Gasteiger partial charge in [0.15, 0.2) is 0 Å². The third kappa shape index (κ3) is 3.56. The Kier molecular flexibility index (Phi) is 4.15. The van der Waals surface area contributed by atoms with Crippen LogP contribution in [0, 0.1) is 5.92 Å². The summed E-state index contributed by atoms with van der Waals surface area (Å²) in [6, 6.07) is 10.2. The molecule has 0 aliphatic carbocycles. The lowest BCUT2D eigenvalue weighted by Gasteiger charge is -2.26. The number of carbonyl (C=O) groups is 1. The number of hydrogen-bond acceptors (Lipinski definition) is 3. The number of esters is 1. The topological polar surface area (TPSA) is 38.3 Å². The average Bonchev–Trinajstić information content (AvgIpc) is 2.37. The van der Waals surface area contributed by atoms with Crippen LogP contribution in [0.5, 0.6) is 0 Å². The number of benzene rings is 1. The molecule has 92 valence electrons. The molecular formula is C14H19NO2. The fourth-order valence-electron chi connectivity index (χ4n) is 2.19. The first-order chi connectivity index (χ1) is 8.25. The number of rotatable bonds is 3. The second-order valence-corrected chi connectivity index (χ2v) is 4.67. The molecular weight excluding hydrogens is 214 g/mol. The van der Waals surface area contributed by atoms with Gasteiger partial charge >= 0.3 is 5.97 Å². The summed E-state index contributed by atoms with van der Waals surface area (Å²) in [6.07, 6.45) is 1.77. The molecule has 2 rings (SSSR count). The van der Waals surface area contributed by atoms with Crippen molar-refractivity contribution >= 4 is 5.97 Å². The van der Waals surface area contributed by atoms with Gasteiger partial charge in [0.25, 0.3) is 0 Å². The van der Waals surface area contributed by atoms with Gasteiger partial charge in [0.2, 0.25) is 0 Å². The van der Waals surface area contributed by atoms with Gasteiger partial charge in [-0.1, -0.05) is 30.3 Å². The minimum Gasteiger partial charge on any atom is -0.461 e. The van der Waals surface area contributed by atoms with Crippen molar-refractivity contribution < 1.29 is 9.53 Å². The number of hydrogen-bond donors (Lipinski definition) is 1. The van der Waals surface area contributed by atoms with Crippen molar-refractivity contribution in [2.75, 3.05) is 6.54 Å². The molecule has 1 fully saturated rings. The van der Waals surface area contributed by atoms with E-state index in [9.17, 15) is 4.79 Å². The van der Waals surface area contributed by atoms with Crippen LogP contribution in [0.4, 0.5) is 0 Å². The van der Waals surface area contributed by atoms with E-state index >= 15 is 0 Å². The highest BCUT2D eigenvalue weighted by atomic mass is 16.5. The van der Waals surface area contributed by atoms with Crippen LogP contribution in [0.15, 0.2) is 30.3 Å². The van der Waals surface area contributed by atoms with Gasteiger partial charge in [0.05, 0.1) is 5.92 Å². The van der Waals surface area contributed by atoms with Crippen LogP contribution in [-0.2, 0) is 16.1 Å². The largest absolute Gasteiger partial charge is 0.461 e. The van der Waals surface area contributed by atoms with Crippen molar-refractivity contribution in [2.45, 2.75) is 32.4 Å². The van der Waals surface area contributed by atoms with Crippen LogP contribution in [-0.4, -0.2) is 18.6 Å². The fourth-order valence-corrected chi connectivity index (χ4v) is 2.19.